The van der Waals surface area contributed by atoms with Gasteiger partial charge in [0.05, 0.1) is 25.4 Å². The molecule has 0 saturated heterocycles. The van der Waals surface area contributed by atoms with Crippen molar-refractivity contribution in [3.63, 3.8) is 0 Å². The van der Waals surface area contributed by atoms with Gasteiger partial charge >= 0.3 is 5.97 Å². The number of carbonyl (C=O) groups excluding carboxylic acids is 2. The molecule has 0 fully saturated rings. The van der Waals surface area contributed by atoms with Crippen LogP contribution in [0.25, 0.3) is 0 Å². The maximum Gasteiger partial charge on any atom is 0.305 e. The van der Waals surface area contributed by atoms with Crippen LogP contribution in [0.3, 0.4) is 0 Å². The number of unbranched alkanes of at least 4 members (excludes halogenated alkanes) is 47. The minimum absolute atomic E-state index is 0.00559. The molecule has 0 heterocycles. The first-order chi connectivity index (χ1) is 35.0. The zero-order valence-electron chi connectivity index (χ0n) is 48.0. The minimum Gasteiger partial charge on any atom is -0.466 e. The first kappa shape index (κ1) is 69.3. The normalized spacial score (nSPS) is 12.7. The van der Waals surface area contributed by atoms with Crippen molar-refractivity contribution in [1.29, 1.82) is 0 Å². The third-order valence-corrected chi connectivity index (χ3v) is 15.0. The van der Waals surface area contributed by atoms with E-state index in [1.165, 1.54) is 283 Å². The molecule has 0 bridgehead atoms. The SMILES string of the molecule is CCCCCCCC/C=C\CCCCCCCCCC(=O)OCCCCCCCCCCCCCCCCCCCCCC(=O)NC(CO)C(O)/C=C/CCCCCCCCCCCCCCCCCC. The van der Waals surface area contributed by atoms with Gasteiger partial charge in [0.15, 0.2) is 0 Å². The molecular formula is C65H125NO5. The van der Waals surface area contributed by atoms with Gasteiger partial charge in [-0.2, -0.15) is 0 Å². The monoisotopic (exact) mass is 1000 g/mol. The third kappa shape index (κ3) is 57.5. The Morgan fingerprint density at radius 2 is 0.662 bits per heavy atom. The molecular weight excluding hydrogens is 875 g/mol. The Morgan fingerprint density at radius 1 is 0.380 bits per heavy atom. The molecule has 0 aliphatic carbocycles. The van der Waals surface area contributed by atoms with Crippen LogP contribution in [-0.2, 0) is 14.3 Å². The first-order valence-electron chi connectivity index (χ1n) is 32.1. The average molecular weight is 1000 g/mol. The molecule has 71 heavy (non-hydrogen) atoms. The second-order valence-corrected chi connectivity index (χ2v) is 22.1. The molecule has 0 aliphatic heterocycles. The van der Waals surface area contributed by atoms with Crippen molar-refractivity contribution in [2.45, 2.75) is 366 Å². The van der Waals surface area contributed by atoms with Crippen LogP contribution in [0.1, 0.15) is 354 Å². The van der Waals surface area contributed by atoms with Crippen molar-refractivity contribution in [3.8, 4) is 0 Å². The number of carbonyl (C=O) groups is 2. The number of aliphatic hydroxyl groups is 2. The Morgan fingerprint density at radius 3 is 1.00 bits per heavy atom. The molecule has 420 valence electrons. The molecule has 0 aliphatic rings. The van der Waals surface area contributed by atoms with E-state index in [4.69, 9.17) is 4.74 Å². The fourth-order valence-electron chi connectivity index (χ4n) is 10.0. The van der Waals surface area contributed by atoms with Crippen LogP contribution in [0.2, 0.25) is 0 Å². The molecule has 2 atom stereocenters. The predicted molar refractivity (Wildman–Crippen MR) is 310 cm³/mol. The summed E-state index contributed by atoms with van der Waals surface area (Å²) in [6.07, 6.45) is 75.0. The molecule has 0 aromatic carbocycles. The minimum atomic E-state index is -0.847. The predicted octanol–water partition coefficient (Wildman–Crippen LogP) is 20.2. The Kier molecular flexibility index (Phi) is 59.5. The Labute approximate surface area is 443 Å². The van der Waals surface area contributed by atoms with E-state index >= 15 is 0 Å². The number of amides is 1. The van der Waals surface area contributed by atoms with Crippen LogP contribution in [0.15, 0.2) is 24.3 Å². The standard InChI is InChI=1S/C65H125NO5/c1-3-5-7-9-11-13-15-17-19-21-26-29-33-37-41-45-49-53-57-63(68)62(61-67)66-64(69)58-54-50-46-42-38-34-30-27-23-22-24-28-32-36-40-44-48-52-56-60-71-65(70)59-55-51-47-43-39-35-31-25-20-18-16-14-12-10-8-6-4-2/h18,20,53,57,62-63,67-68H,3-17,19,21-52,54-56,58-61H2,1-2H3,(H,66,69)/b20-18-,57-53+. The summed E-state index contributed by atoms with van der Waals surface area (Å²) in [6.45, 7) is 4.92. The molecule has 0 rings (SSSR count). The second kappa shape index (κ2) is 60.9. The number of aliphatic hydroxyl groups excluding tert-OH is 2. The average Bonchev–Trinajstić information content (AvgIpc) is 3.37. The lowest BCUT2D eigenvalue weighted by molar-refractivity contribution is -0.143. The number of hydrogen-bond donors (Lipinski definition) is 3. The highest BCUT2D eigenvalue weighted by atomic mass is 16.5. The van der Waals surface area contributed by atoms with Crippen LogP contribution in [0.4, 0.5) is 0 Å². The number of hydrogen-bond acceptors (Lipinski definition) is 5. The topological polar surface area (TPSA) is 95.9 Å². The van der Waals surface area contributed by atoms with Crippen molar-refractivity contribution < 1.29 is 24.5 Å². The summed E-state index contributed by atoms with van der Waals surface area (Å²) in [4.78, 5) is 24.6. The van der Waals surface area contributed by atoms with E-state index < -0.39 is 12.1 Å². The Bertz CT molecular complexity index is 1110. The molecule has 0 aromatic rings. The summed E-state index contributed by atoms with van der Waals surface area (Å²) in [5.41, 5.74) is 0. The van der Waals surface area contributed by atoms with Gasteiger partial charge in [-0.1, -0.05) is 308 Å². The van der Waals surface area contributed by atoms with Crippen molar-refractivity contribution in [2.75, 3.05) is 13.2 Å². The number of esters is 1. The van der Waals surface area contributed by atoms with Gasteiger partial charge in [0.2, 0.25) is 5.91 Å². The molecule has 0 spiro atoms. The van der Waals surface area contributed by atoms with E-state index in [0.29, 0.717) is 19.4 Å². The maximum absolute atomic E-state index is 12.5. The van der Waals surface area contributed by atoms with Crippen LogP contribution >= 0.6 is 0 Å². The van der Waals surface area contributed by atoms with E-state index in [9.17, 15) is 19.8 Å². The number of rotatable bonds is 60. The Hall–Kier alpha value is -1.66. The molecule has 0 aromatic heterocycles. The third-order valence-electron chi connectivity index (χ3n) is 15.0. The molecule has 6 heteroatoms. The fourth-order valence-corrected chi connectivity index (χ4v) is 10.0. The van der Waals surface area contributed by atoms with Crippen LogP contribution in [0, 0.1) is 0 Å². The van der Waals surface area contributed by atoms with E-state index in [2.05, 4.69) is 31.3 Å². The van der Waals surface area contributed by atoms with E-state index in [0.717, 1.165) is 44.9 Å². The highest BCUT2D eigenvalue weighted by Gasteiger charge is 2.18. The lowest BCUT2D eigenvalue weighted by Crippen LogP contribution is -2.45. The summed E-state index contributed by atoms with van der Waals surface area (Å²) in [5.74, 6) is -0.0625. The largest absolute Gasteiger partial charge is 0.466 e. The molecule has 3 N–H and O–H groups in total. The number of allylic oxidation sites excluding steroid dienone is 3. The summed E-state index contributed by atoms with van der Waals surface area (Å²) in [6, 6.07) is -0.630. The molecule has 2 unspecified atom stereocenters. The first-order valence-corrected chi connectivity index (χ1v) is 32.1. The number of nitrogens with one attached hydrogen (secondary N) is 1. The van der Waals surface area contributed by atoms with Crippen molar-refractivity contribution in [2.24, 2.45) is 0 Å². The van der Waals surface area contributed by atoms with Gasteiger partial charge < -0.3 is 20.3 Å². The zero-order chi connectivity index (χ0) is 51.4. The maximum atomic E-state index is 12.5. The quantitative estimate of drug-likeness (QED) is 0.0320. The molecule has 0 saturated carbocycles. The highest BCUT2D eigenvalue weighted by molar-refractivity contribution is 5.76. The van der Waals surface area contributed by atoms with Crippen LogP contribution in [-0.4, -0.2) is 47.4 Å². The summed E-state index contributed by atoms with van der Waals surface area (Å²) >= 11 is 0. The highest BCUT2D eigenvalue weighted by Crippen LogP contribution is 2.18. The lowest BCUT2D eigenvalue weighted by Gasteiger charge is -2.20. The van der Waals surface area contributed by atoms with Gasteiger partial charge in [-0.15, -0.1) is 0 Å². The van der Waals surface area contributed by atoms with Gasteiger partial charge in [0, 0.05) is 12.8 Å². The smallest absolute Gasteiger partial charge is 0.305 e. The molecule has 0 radical (unpaired) electrons. The van der Waals surface area contributed by atoms with E-state index in [1.807, 2.05) is 6.08 Å². The lowest BCUT2D eigenvalue weighted by atomic mass is 10.0. The van der Waals surface area contributed by atoms with Crippen molar-refractivity contribution >= 4 is 11.9 Å². The van der Waals surface area contributed by atoms with E-state index in [-0.39, 0.29) is 18.5 Å². The zero-order valence-corrected chi connectivity index (χ0v) is 48.0. The molecule has 6 nitrogen and oxygen atoms in total. The van der Waals surface area contributed by atoms with Crippen molar-refractivity contribution in [3.05, 3.63) is 24.3 Å². The van der Waals surface area contributed by atoms with Gasteiger partial charge in [-0.25, -0.2) is 0 Å². The number of ether oxygens (including phenoxy) is 1. The molecule has 1 amide bonds. The van der Waals surface area contributed by atoms with Crippen LogP contribution in [0.5, 0.6) is 0 Å². The second-order valence-electron chi connectivity index (χ2n) is 22.1. The summed E-state index contributed by atoms with van der Waals surface area (Å²) < 4.78 is 5.49. The summed E-state index contributed by atoms with van der Waals surface area (Å²) in [5, 5.41) is 23.2. The van der Waals surface area contributed by atoms with E-state index in [1.54, 1.807) is 6.08 Å². The van der Waals surface area contributed by atoms with Gasteiger partial charge in [-0.3, -0.25) is 9.59 Å². The van der Waals surface area contributed by atoms with Crippen molar-refractivity contribution in [1.82, 2.24) is 5.32 Å². The van der Waals surface area contributed by atoms with Crippen LogP contribution < -0.4 is 5.32 Å². The van der Waals surface area contributed by atoms with Gasteiger partial charge in [0.25, 0.3) is 0 Å². The Balaban J connectivity index is 3.42. The van der Waals surface area contributed by atoms with Gasteiger partial charge in [0.1, 0.15) is 0 Å². The fraction of sp³-hybridized carbons (Fsp3) is 0.908. The summed E-state index contributed by atoms with van der Waals surface area (Å²) in [7, 11) is 0. The van der Waals surface area contributed by atoms with Gasteiger partial charge in [-0.05, 0) is 57.8 Å².